The van der Waals surface area contributed by atoms with Crippen molar-refractivity contribution in [2.75, 3.05) is 37.6 Å². The summed E-state index contributed by atoms with van der Waals surface area (Å²) < 4.78 is 0. The van der Waals surface area contributed by atoms with E-state index >= 15 is 0 Å². The summed E-state index contributed by atoms with van der Waals surface area (Å²) in [6, 6.07) is 31.0. The second-order valence-corrected chi connectivity index (χ2v) is 10.8. The lowest BCUT2D eigenvalue weighted by Crippen LogP contribution is -2.46. The molecule has 0 aromatic heterocycles. The Hall–Kier alpha value is -5.08. The number of benzene rings is 4. The largest absolute Gasteiger partial charge is 0.508 e. The van der Waals surface area contributed by atoms with Crippen molar-refractivity contribution in [3.05, 3.63) is 131 Å². The van der Waals surface area contributed by atoms with Gasteiger partial charge in [0.15, 0.2) is 5.70 Å². The summed E-state index contributed by atoms with van der Waals surface area (Å²) >= 11 is 0. The Morgan fingerprint density at radius 2 is 1.37 bits per heavy atom. The Morgan fingerprint density at radius 3 is 2.05 bits per heavy atom. The van der Waals surface area contributed by atoms with Gasteiger partial charge in [-0.25, -0.2) is 5.53 Å². The van der Waals surface area contributed by atoms with Crippen LogP contribution in [-0.4, -0.2) is 54.3 Å². The zero-order chi connectivity index (χ0) is 29.8. The molecule has 2 aliphatic rings. The van der Waals surface area contributed by atoms with Gasteiger partial charge in [-0.2, -0.15) is 5.11 Å². The van der Waals surface area contributed by atoms with Crippen molar-refractivity contribution in [3.8, 4) is 16.9 Å². The van der Waals surface area contributed by atoms with Gasteiger partial charge in [0.25, 0.3) is 0 Å². The highest BCUT2D eigenvalue weighted by molar-refractivity contribution is 6.26. The molecular weight excluding hydrogens is 538 g/mol. The van der Waals surface area contributed by atoms with E-state index in [0.29, 0.717) is 24.1 Å². The molecule has 3 N–H and O–H groups in total. The number of nitrogens with zero attached hydrogens (tertiary/aromatic N) is 3. The van der Waals surface area contributed by atoms with Gasteiger partial charge in [0.05, 0.1) is 0 Å². The first kappa shape index (κ1) is 28.1. The number of rotatable bonds is 9. The van der Waals surface area contributed by atoms with Crippen LogP contribution in [0.4, 0.5) is 5.69 Å². The Labute approximate surface area is 250 Å². The van der Waals surface area contributed by atoms with Crippen LogP contribution >= 0.6 is 0 Å². The Bertz CT molecular complexity index is 1690. The molecule has 1 fully saturated rings. The van der Waals surface area contributed by atoms with Crippen molar-refractivity contribution in [3.63, 3.8) is 0 Å². The summed E-state index contributed by atoms with van der Waals surface area (Å²) in [6.07, 6.45) is 0.659. The van der Waals surface area contributed by atoms with Crippen LogP contribution in [0.3, 0.4) is 0 Å². The normalized spacial score (nSPS) is 15.4. The lowest BCUT2D eigenvalue weighted by atomic mass is 9.90. The van der Waals surface area contributed by atoms with Gasteiger partial charge >= 0.3 is 0 Å². The molecule has 4 aromatic rings. The van der Waals surface area contributed by atoms with Crippen LogP contribution in [0.25, 0.3) is 11.1 Å². The first-order chi connectivity index (χ1) is 21.0. The maximum absolute atomic E-state index is 13.0. The number of Topliss-reactive ketones (excluding diaryl/α,β-unsaturated/α-hetero) is 2. The number of carbonyl (C=O) groups is 2. The number of piperazine rings is 1. The number of fused-ring (bicyclic) bond motifs is 1. The zero-order valence-electron chi connectivity index (χ0n) is 23.8. The summed E-state index contributed by atoms with van der Waals surface area (Å²) in [5, 5.41) is 16.1. The Balaban J connectivity index is 1.02. The van der Waals surface area contributed by atoms with Gasteiger partial charge in [-0.15, -0.1) is 0 Å². The fourth-order valence-corrected chi connectivity index (χ4v) is 5.82. The number of allylic oxidation sites excluding steroid dienone is 2. The predicted molar refractivity (Wildman–Crippen MR) is 166 cm³/mol. The molecule has 4 aromatic carbocycles. The van der Waals surface area contributed by atoms with E-state index in [1.807, 2.05) is 12.1 Å². The third-order valence-corrected chi connectivity index (χ3v) is 8.19. The molecule has 0 spiro atoms. The van der Waals surface area contributed by atoms with Gasteiger partial charge in [-0.1, -0.05) is 72.8 Å². The van der Waals surface area contributed by atoms with Crippen LogP contribution in [0.1, 0.15) is 31.8 Å². The molecule has 8 heteroatoms. The molecular formula is C35H33N5O3. The number of ketones is 2. The minimum atomic E-state index is -0.404. The Morgan fingerprint density at radius 1 is 0.744 bits per heavy atom. The second-order valence-electron chi connectivity index (χ2n) is 10.8. The van der Waals surface area contributed by atoms with Crippen LogP contribution in [0.15, 0.2) is 114 Å². The minimum Gasteiger partial charge on any atom is -0.508 e. The maximum Gasteiger partial charge on any atom is 0.216 e. The van der Waals surface area contributed by atoms with Crippen molar-refractivity contribution >= 4 is 17.3 Å². The molecule has 0 amide bonds. The van der Waals surface area contributed by atoms with Crippen LogP contribution in [0.2, 0.25) is 0 Å². The first-order valence-electron chi connectivity index (χ1n) is 14.5. The fourth-order valence-electron chi connectivity index (χ4n) is 5.82. The van der Waals surface area contributed by atoms with Crippen LogP contribution in [0, 0.1) is 5.53 Å². The SMILES string of the molecule is N=NC1=C(NCCc2ccc(N3CCN(Cc4ccccc4-c4ccc(O)cc4)CC3)cc2)C(=O)c2ccccc2C1=O. The van der Waals surface area contributed by atoms with Gasteiger partial charge in [-0.3, -0.25) is 14.5 Å². The summed E-state index contributed by atoms with van der Waals surface area (Å²) in [7, 11) is 0. The molecule has 1 saturated heterocycles. The van der Waals surface area contributed by atoms with Crippen molar-refractivity contribution in [1.29, 1.82) is 5.53 Å². The van der Waals surface area contributed by atoms with Crippen LogP contribution in [-0.2, 0) is 13.0 Å². The quantitative estimate of drug-likeness (QED) is 0.218. The van der Waals surface area contributed by atoms with Crippen molar-refractivity contribution in [2.45, 2.75) is 13.0 Å². The maximum atomic E-state index is 13.0. The second kappa shape index (κ2) is 12.4. The molecule has 1 aliphatic carbocycles. The first-order valence-corrected chi connectivity index (χ1v) is 14.5. The predicted octanol–water partition coefficient (Wildman–Crippen LogP) is 5.84. The zero-order valence-corrected chi connectivity index (χ0v) is 23.8. The highest BCUT2D eigenvalue weighted by Gasteiger charge is 2.32. The lowest BCUT2D eigenvalue weighted by molar-refractivity contribution is 0.0966. The summed E-state index contributed by atoms with van der Waals surface area (Å²) in [6.45, 7) is 5.12. The monoisotopic (exact) mass is 571 g/mol. The van der Waals surface area contributed by atoms with Gasteiger partial charge in [-0.05, 0) is 52.9 Å². The molecule has 1 heterocycles. The number of phenols is 1. The topological polar surface area (TPSA) is 109 Å². The molecule has 6 rings (SSSR count). The molecule has 0 atom stereocenters. The summed E-state index contributed by atoms with van der Waals surface area (Å²) in [4.78, 5) is 30.6. The fraction of sp³-hybridized carbons (Fsp3) is 0.200. The number of carbonyl (C=O) groups excluding carboxylic acids is 2. The van der Waals surface area contributed by atoms with Gasteiger partial charge in [0.1, 0.15) is 11.4 Å². The van der Waals surface area contributed by atoms with E-state index in [-0.39, 0.29) is 22.9 Å². The third kappa shape index (κ3) is 5.96. The molecule has 216 valence electrons. The standard InChI is InChI=1S/C35H33N5O3/c36-38-33-32(34(42)30-7-3-4-8-31(30)35(33)43)37-18-17-24-9-13-27(14-10-24)40-21-19-39(20-22-40)23-26-5-1-2-6-29(26)25-11-15-28(41)16-12-25/h1-16,36-37,41H,17-23H2. The van der Waals surface area contributed by atoms with E-state index in [9.17, 15) is 14.7 Å². The minimum absolute atomic E-state index is 0.0962. The third-order valence-electron chi connectivity index (χ3n) is 8.19. The summed E-state index contributed by atoms with van der Waals surface area (Å²) in [5.41, 5.74) is 13.9. The average Bonchev–Trinajstić information content (AvgIpc) is 3.05. The van der Waals surface area contributed by atoms with E-state index < -0.39 is 5.78 Å². The number of phenolic OH excluding ortho intramolecular Hbond substituents is 1. The lowest BCUT2D eigenvalue weighted by Gasteiger charge is -2.36. The van der Waals surface area contributed by atoms with Gasteiger partial charge in [0.2, 0.25) is 11.6 Å². The summed E-state index contributed by atoms with van der Waals surface area (Å²) in [5.74, 6) is -0.437. The number of hydrogen-bond donors (Lipinski definition) is 3. The van der Waals surface area contributed by atoms with E-state index in [1.165, 1.54) is 16.8 Å². The molecule has 1 aliphatic heterocycles. The van der Waals surface area contributed by atoms with Crippen LogP contribution in [0.5, 0.6) is 5.75 Å². The molecule has 0 radical (unpaired) electrons. The van der Waals surface area contributed by atoms with E-state index in [1.54, 1.807) is 36.4 Å². The van der Waals surface area contributed by atoms with Gasteiger partial charge in [0, 0.05) is 56.1 Å². The number of nitrogens with one attached hydrogen (secondary N) is 2. The van der Waals surface area contributed by atoms with Crippen molar-refractivity contribution < 1.29 is 14.7 Å². The van der Waals surface area contributed by atoms with Gasteiger partial charge < -0.3 is 15.3 Å². The van der Waals surface area contributed by atoms with Crippen molar-refractivity contribution in [1.82, 2.24) is 10.2 Å². The molecule has 0 saturated carbocycles. The number of hydrogen-bond acceptors (Lipinski definition) is 8. The van der Waals surface area contributed by atoms with E-state index in [0.717, 1.165) is 43.9 Å². The highest BCUT2D eigenvalue weighted by atomic mass is 16.3. The Kier molecular flexibility index (Phi) is 8.11. The van der Waals surface area contributed by atoms with E-state index in [2.05, 4.69) is 68.8 Å². The van der Waals surface area contributed by atoms with Crippen LogP contribution < -0.4 is 10.2 Å². The van der Waals surface area contributed by atoms with Crippen molar-refractivity contribution in [2.24, 2.45) is 5.11 Å². The molecule has 0 unspecified atom stereocenters. The highest BCUT2D eigenvalue weighted by Crippen LogP contribution is 2.28. The smallest absolute Gasteiger partial charge is 0.216 e. The molecule has 8 nitrogen and oxygen atoms in total. The molecule has 43 heavy (non-hydrogen) atoms. The number of aromatic hydroxyl groups is 1. The van der Waals surface area contributed by atoms with E-state index in [4.69, 9.17) is 5.53 Å². The number of anilines is 1. The molecule has 0 bridgehead atoms. The average molecular weight is 572 g/mol.